The van der Waals surface area contributed by atoms with Gasteiger partial charge >= 0.3 is 0 Å². The molecule has 0 bridgehead atoms. The first-order chi connectivity index (χ1) is 9.59. The smallest absolute Gasteiger partial charge is 0.0335 e. The first-order valence-corrected chi connectivity index (χ1v) is 8.87. The second-order valence-corrected chi connectivity index (χ2v) is 7.22. The Morgan fingerprint density at radius 2 is 1.20 bits per heavy atom. The standard InChI is InChI=1S/C16H14Br2Cl2/c17-14-5-1-12(2-6-14)9-16(10-19,11-20)13-3-7-15(18)8-4-13/h1-8H,9-11H2. The lowest BCUT2D eigenvalue weighted by molar-refractivity contribution is 0.536. The van der Waals surface area contributed by atoms with E-state index in [1.807, 2.05) is 24.3 Å². The minimum Gasteiger partial charge on any atom is -0.126 e. The highest BCUT2D eigenvalue weighted by molar-refractivity contribution is 9.10. The van der Waals surface area contributed by atoms with Crippen LogP contribution in [-0.4, -0.2) is 11.8 Å². The third kappa shape index (κ3) is 3.79. The zero-order valence-electron chi connectivity index (χ0n) is 10.8. The highest BCUT2D eigenvalue weighted by atomic mass is 79.9. The summed E-state index contributed by atoms with van der Waals surface area (Å²) in [6, 6.07) is 16.6. The first kappa shape index (κ1) is 16.4. The molecule has 0 saturated carbocycles. The molecule has 0 unspecified atom stereocenters. The molecule has 0 radical (unpaired) electrons. The van der Waals surface area contributed by atoms with Gasteiger partial charge < -0.3 is 0 Å². The third-order valence-electron chi connectivity index (χ3n) is 3.42. The molecule has 0 heterocycles. The van der Waals surface area contributed by atoms with E-state index in [2.05, 4.69) is 56.1 Å². The molecular weight excluding hydrogens is 423 g/mol. The molecule has 0 nitrogen and oxygen atoms in total. The Labute approximate surface area is 146 Å². The van der Waals surface area contributed by atoms with E-state index in [0.29, 0.717) is 11.8 Å². The van der Waals surface area contributed by atoms with Crippen LogP contribution in [0.3, 0.4) is 0 Å². The maximum Gasteiger partial charge on any atom is 0.0335 e. The molecule has 2 aromatic carbocycles. The quantitative estimate of drug-likeness (QED) is 0.491. The van der Waals surface area contributed by atoms with Gasteiger partial charge in [-0.25, -0.2) is 0 Å². The highest BCUT2D eigenvalue weighted by Crippen LogP contribution is 2.32. The molecular formula is C16H14Br2Cl2. The van der Waals surface area contributed by atoms with Crippen LogP contribution in [0.15, 0.2) is 57.5 Å². The summed E-state index contributed by atoms with van der Waals surface area (Å²) in [5.41, 5.74) is 2.17. The lowest BCUT2D eigenvalue weighted by atomic mass is 9.79. The van der Waals surface area contributed by atoms with Crippen molar-refractivity contribution in [1.82, 2.24) is 0 Å². The van der Waals surface area contributed by atoms with Gasteiger partial charge in [-0.3, -0.25) is 0 Å². The fourth-order valence-electron chi connectivity index (χ4n) is 2.18. The maximum atomic E-state index is 6.27. The van der Waals surface area contributed by atoms with Gasteiger partial charge in [0.15, 0.2) is 0 Å². The minimum atomic E-state index is -0.238. The summed E-state index contributed by atoms with van der Waals surface area (Å²) in [7, 11) is 0. The number of benzene rings is 2. The average Bonchev–Trinajstić information content (AvgIpc) is 2.48. The van der Waals surface area contributed by atoms with Crippen LogP contribution in [0.25, 0.3) is 0 Å². The summed E-state index contributed by atoms with van der Waals surface area (Å²) >= 11 is 19.5. The van der Waals surface area contributed by atoms with Gasteiger partial charge in [0.2, 0.25) is 0 Å². The predicted molar refractivity (Wildman–Crippen MR) is 95.1 cm³/mol. The van der Waals surface area contributed by atoms with E-state index in [4.69, 9.17) is 23.2 Å². The number of hydrogen-bond donors (Lipinski definition) is 0. The molecule has 0 aliphatic carbocycles. The molecule has 0 atom stereocenters. The normalized spacial score (nSPS) is 11.6. The van der Waals surface area contributed by atoms with Crippen molar-refractivity contribution in [1.29, 1.82) is 0 Å². The van der Waals surface area contributed by atoms with E-state index in [0.717, 1.165) is 15.4 Å². The Balaban J connectivity index is 2.33. The van der Waals surface area contributed by atoms with Crippen LogP contribution in [0.4, 0.5) is 0 Å². The fraction of sp³-hybridized carbons (Fsp3) is 0.250. The SMILES string of the molecule is ClCC(CCl)(Cc1ccc(Br)cc1)c1ccc(Br)cc1. The van der Waals surface area contributed by atoms with Crippen LogP contribution in [-0.2, 0) is 11.8 Å². The van der Waals surface area contributed by atoms with Crippen molar-refractivity contribution in [2.75, 3.05) is 11.8 Å². The van der Waals surface area contributed by atoms with Gasteiger partial charge in [0, 0.05) is 26.1 Å². The van der Waals surface area contributed by atoms with Gasteiger partial charge in [0.1, 0.15) is 0 Å². The molecule has 0 amide bonds. The van der Waals surface area contributed by atoms with E-state index in [9.17, 15) is 0 Å². The largest absolute Gasteiger partial charge is 0.126 e. The van der Waals surface area contributed by atoms with Crippen molar-refractivity contribution in [3.05, 3.63) is 68.6 Å². The van der Waals surface area contributed by atoms with Crippen LogP contribution in [0, 0.1) is 0 Å². The molecule has 0 aliphatic rings. The lowest BCUT2D eigenvalue weighted by Crippen LogP contribution is -2.33. The summed E-state index contributed by atoms with van der Waals surface area (Å²) in [5, 5.41) is 0. The van der Waals surface area contributed by atoms with Crippen molar-refractivity contribution >= 4 is 55.1 Å². The van der Waals surface area contributed by atoms with Crippen molar-refractivity contribution in [2.24, 2.45) is 0 Å². The van der Waals surface area contributed by atoms with Crippen molar-refractivity contribution in [3.8, 4) is 0 Å². The Morgan fingerprint density at radius 3 is 1.65 bits per heavy atom. The zero-order valence-corrected chi connectivity index (χ0v) is 15.4. The summed E-state index contributed by atoms with van der Waals surface area (Å²) in [6.07, 6.45) is 0.828. The Kier molecular flexibility index (Phi) is 5.97. The van der Waals surface area contributed by atoms with E-state index in [-0.39, 0.29) is 5.41 Å². The molecule has 0 aliphatic heterocycles. The first-order valence-electron chi connectivity index (χ1n) is 6.22. The van der Waals surface area contributed by atoms with Crippen molar-refractivity contribution in [2.45, 2.75) is 11.8 Å². The maximum absolute atomic E-state index is 6.27. The van der Waals surface area contributed by atoms with Gasteiger partial charge in [0.25, 0.3) is 0 Å². The Hall–Kier alpha value is -0.0200. The van der Waals surface area contributed by atoms with Crippen LogP contribution in [0.5, 0.6) is 0 Å². The number of alkyl halides is 2. The minimum absolute atomic E-state index is 0.238. The molecule has 4 heteroatoms. The second kappa shape index (κ2) is 7.31. The highest BCUT2D eigenvalue weighted by Gasteiger charge is 2.31. The number of halogens is 4. The monoisotopic (exact) mass is 434 g/mol. The van der Waals surface area contributed by atoms with Gasteiger partial charge in [-0.15, -0.1) is 23.2 Å². The van der Waals surface area contributed by atoms with Crippen LogP contribution < -0.4 is 0 Å². The van der Waals surface area contributed by atoms with Crippen LogP contribution >= 0.6 is 55.1 Å². The molecule has 0 saturated heterocycles. The molecule has 0 N–H and O–H groups in total. The predicted octanol–water partition coefficient (Wildman–Crippen LogP) is 6.17. The molecule has 0 spiro atoms. The summed E-state index contributed by atoms with van der Waals surface area (Å²) in [4.78, 5) is 0. The van der Waals surface area contributed by atoms with E-state index in [1.54, 1.807) is 0 Å². The zero-order chi connectivity index (χ0) is 14.6. The fourth-order valence-corrected chi connectivity index (χ4v) is 3.49. The number of hydrogen-bond acceptors (Lipinski definition) is 0. The van der Waals surface area contributed by atoms with Gasteiger partial charge in [-0.1, -0.05) is 56.1 Å². The van der Waals surface area contributed by atoms with Crippen LogP contribution in [0.2, 0.25) is 0 Å². The number of rotatable bonds is 5. The summed E-state index contributed by atoms with van der Waals surface area (Å²) < 4.78 is 2.13. The Morgan fingerprint density at radius 1 is 0.750 bits per heavy atom. The average molecular weight is 437 g/mol. The topological polar surface area (TPSA) is 0 Å². The van der Waals surface area contributed by atoms with E-state index in [1.165, 1.54) is 11.1 Å². The molecule has 20 heavy (non-hydrogen) atoms. The molecule has 106 valence electrons. The van der Waals surface area contributed by atoms with E-state index < -0.39 is 0 Å². The van der Waals surface area contributed by atoms with Crippen LogP contribution in [0.1, 0.15) is 11.1 Å². The molecule has 0 aromatic heterocycles. The molecule has 2 rings (SSSR count). The van der Waals surface area contributed by atoms with Gasteiger partial charge in [-0.2, -0.15) is 0 Å². The molecule has 2 aromatic rings. The van der Waals surface area contributed by atoms with Gasteiger partial charge in [0.05, 0.1) is 0 Å². The van der Waals surface area contributed by atoms with Crippen molar-refractivity contribution in [3.63, 3.8) is 0 Å². The molecule has 0 fully saturated rings. The van der Waals surface area contributed by atoms with Gasteiger partial charge in [-0.05, 0) is 41.8 Å². The summed E-state index contributed by atoms with van der Waals surface area (Å²) in [6.45, 7) is 0. The lowest BCUT2D eigenvalue weighted by Gasteiger charge is -2.30. The van der Waals surface area contributed by atoms with E-state index >= 15 is 0 Å². The Bertz CT molecular complexity index is 546. The third-order valence-corrected chi connectivity index (χ3v) is 5.50. The van der Waals surface area contributed by atoms with Crippen molar-refractivity contribution < 1.29 is 0 Å². The second-order valence-electron chi connectivity index (χ2n) is 4.86. The summed E-state index contributed by atoms with van der Waals surface area (Å²) in [5.74, 6) is 0.988.